The number of rotatable bonds is 1. The van der Waals surface area contributed by atoms with E-state index in [-0.39, 0.29) is 0 Å². The van der Waals surface area contributed by atoms with Crippen LogP contribution in [0.1, 0.15) is 0 Å². The van der Waals surface area contributed by atoms with Crippen molar-refractivity contribution < 1.29 is 0 Å². The van der Waals surface area contributed by atoms with Gasteiger partial charge in [-0.25, -0.2) is 0 Å². The fourth-order valence-electron chi connectivity index (χ4n) is 2.50. The number of thiophene rings is 1. The molecule has 0 radical (unpaired) electrons. The normalized spacial score (nSPS) is 11.3. The van der Waals surface area contributed by atoms with Crippen molar-refractivity contribution >= 4 is 31.5 Å². The number of nitrogens with one attached hydrogen (secondary N) is 1. The van der Waals surface area contributed by atoms with Gasteiger partial charge in [0.25, 0.3) is 0 Å². The predicted octanol–water partition coefficient (Wildman–Crippen LogP) is 5.05. The molecule has 4 rings (SSSR count). The Kier molecular flexibility index (Phi) is 2.05. The van der Waals surface area contributed by atoms with Crippen molar-refractivity contribution in [1.82, 2.24) is 4.98 Å². The van der Waals surface area contributed by atoms with Gasteiger partial charge < -0.3 is 4.98 Å². The predicted molar refractivity (Wildman–Crippen MR) is 79.1 cm³/mol. The van der Waals surface area contributed by atoms with Crippen LogP contribution < -0.4 is 0 Å². The first-order valence-electron chi connectivity index (χ1n) is 5.97. The van der Waals surface area contributed by atoms with Crippen molar-refractivity contribution in [3.8, 4) is 11.3 Å². The van der Waals surface area contributed by atoms with Gasteiger partial charge in [-0.15, -0.1) is 11.3 Å². The summed E-state index contributed by atoms with van der Waals surface area (Å²) in [7, 11) is 0. The highest BCUT2D eigenvalue weighted by atomic mass is 32.1. The van der Waals surface area contributed by atoms with Crippen LogP contribution in [-0.2, 0) is 0 Å². The van der Waals surface area contributed by atoms with Crippen LogP contribution in [0, 0.1) is 0 Å². The Morgan fingerprint density at radius 1 is 0.778 bits per heavy atom. The van der Waals surface area contributed by atoms with Crippen LogP contribution in [0.15, 0.2) is 60.8 Å². The van der Waals surface area contributed by atoms with E-state index in [4.69, 9.17) is 0 Å². The van der Waals surface area contributed by atoms with Crippen molar-refractivity contribution in [3.05, 3.63) is 60.8 Å². The first-order chi connectivity index (χ1) is 8.93. The van der Waals surface area contributed by atoms with E-state index in [9.17, 15) is 0 Å². The van der Waals surface area contributed by atoms with Crippen LogP contribution in [0.25, 0.3) is 31.4 Å². The number of hydrogen-bond donors (Lipinski definition) is 1. The quantitative estimate of drug-likeness (QED) is 0.486. The zero-order valence-corrected chi connectivity index (χ0v) is 10.5. The molecule has 0 saturated heterocycles. The minimum absolute atomic E-state index is 1.18. The van der Waals surface area contributed by atoms with Crippen molar-refractivity contribution in [2.75, 3.05) is 0 Å². The topological polar surface area (TPSA) is 15.8 Å². The van der Waals surface area contributed by atoms with E-state index in [0.717, 1.165) is 0 Å². The van der Waals surface area contributed by atoms with Crippen molar-refractivity contribution in [2.24, 2.45) is 0 Å². The number of fused-ring (bicyclic) bond motifs is 3. The maximum absolute atomic E-state index is 3.30. The summed E-state index contributed by atoms with van der Waals surface area (Å²) >= 11 is 1.86. The average molecular weight is 249 g/mol. The molecule has 18 heavy (non-hydrogen) atoms. The second kappa shape index (κ2) is 3.72. The Morgan fingerprint density at radius 3 is 2.56 bits per heavy atom. The lowest BCUT2D eigenvalue weighted by Gasteiger charge is -2.01. The Balaban J connectivity index is 2.21. The fraction of sp³-hybridized carbons (Fsp3) is 0. The van der Waals surface area contributed by atoms with Crippen LogP contribution in [0.5, 0.6) is 0 Å². The smallest absolute Gasteiger partial charge is 0.0460 e. The molecule has 2 aromatic carbocycles. The molecule has 0 spiro atoms. The summed E-state index contributed by atoms with van der Waals surface area (Å²) in [6.45, 7) is 0. The van der Waals surface area contributed by atoms with E-state index in [0.29, 0.717) is 0 Å². The molecule has 1 N–H and O–H groups in total. The van der Waals surface area contributed by atoms with Gasteiger partial charge in [0.2, 0.25) is 0 Å². The molecule has 0 unspecified atom stereocenters. The van der Waals surface area contributed by atoms with Gasteiger partial charge in [-0.05, 0) is 24.3 Å². The van der Waals surface area contributed by atoms with Crippen molar-refractivity contribution in [3.63, 3.8) is 0 Å². The first-order valence-corrected chi connectivity index (χ1v) is 6.79. The van der Waals surface area contributed by atoms with E-state index in [1.807, 2.05) is 23.6 Å². The molecule has 0 aliphatic carbocycles. The molecule has 0 fully saturated rings. The fourth-order valence-corrected chi connectivity index (χ4v) is 3.63. The molecule has 2 aromatic heterocycles. The first kappa shape index (κ1) is 9.92. The number of hydrogen-bond acceptors (Lipinski definition) is 1. The molecular weight excluding hydrogens is 238 g/mol. The molecule has 0 saturated carbocycles. The highest BCUT2D eigenvalue weighted by Crippen LogP contribution is 2.39. The van der Waals surface area contributed by atoms with E-state index in [1.54, 1.807) is 0 Å². The number of aromatic nitrogens is 1. The van der Waals surface area contributed by atoms with E-state index in [2.05, 4.69) is 53.5 Å². The van der Waals surface area contributed by atoms with Gasteiger partial charge in [0.05, 0.1) is 0 Å². The molecule has 2 heteroatoms. The van der Waals surface area contributed by atoms with Crippen LogP contribution in [0.4, 0.5) is 0 Å². The third-order valence-electron chi connectivity index (χ3n) is 3.29. The highest BCUT2D eigenvalue weighted by molar-refractivity contribution is 7.25. The van der Waals surface area contributed by atoms with Gasteiger partial charge in [0.1, 0.15) is 0 Å². The van der Waals surface area contributed by atoms with Crippen LogP contribution >= 0.6 is 11.3 Å². The lowest BCUT2D eigenvalue weighted by Crippen LogP contribution is -1.78. The van der Waals surface area contributed by atoms with E-state index >= 15 is 0 Å². The van der Waals surface area contributed by atoms with Gasteiger partial charge in [-0.1, -0.05) is 30.3 Å². The average Bonchev–Trinajstić information content (AvgIpc) is 3.05. The summed E-state index contributed by atoms with van der Waals surface area (Å²) in [4.78, 5) is 3.30. The van der Waals surface area contributed by atoms with Gasteiger partial charge in [-0.2, -0.15) is 0 Å². The van der Waals surface area contributed by atoms with Crippen LogP contribution in [-0.4, -0.2) is 4.98 Å². The lowest BCUT2D eigenvalue weighted by molar-refractivity contribution is 1.41. The van der Waals surface area contributed by atoms with Gasteiger partial charge >= 0.3 is 0 Å². The summed E-state index contributed by atoms with van der Waals surface area (Å²) in [5, 5.41) is 2.71. The minimum atomic E-state index is 1.18. The SMILES string of the molecule is c1c[nH]c(-c2cccc3sc4ccccc4c23)c1. The van der Waals surface area contributed by atoms with E-state index in [1.165, 1.54) is 31.4 Å². The summed E-state index contributed by atoms with van der Waals surface area (Å²) in [5.74, 6) is 0. The third kappa shape index (κ3) is 1.33. The summed E-state index contributed by atoms with van der Waals surface area (Å²) in [6.07, 6.45) is 1.97. The van der Waals surface area contributed by atoms with E-state index < -0.39 is 0 Å². The summed E-state index contributed by atoms with van der Waals surface area (Å²) < 4.78 is 2.70. The summed E-state index contributed by atoms with van der Waals surface area (Å²) in [5.41, 5.74) is 2.47. The number of benzene rings is 2. The van der Waals surface area contributed by atoms with Crippen LogP contribution in [0.3, 0.4) is 0 Å². The molecular formula is C16H11NS. The van der Waals surface area contributed by atoms with Crippen LogP contribution in [0.2, 0.25) is 0 Å². The zero-order chi connectivity index (χ0) is 11.9. The number of H-pyrrole nitrogens is 1. The Morgan fingerprint density at radius 2 is 1.67 bits per heavy atom. The molecule has 0 bridgehead atoms. The van der Waals surface area contributed by atoms with Gasteiger partial charge in [-0.3, -0.25) is 0 Å². The zero-order valence-electron chi connectivity index (χ0n) is 9.68. The summed E-state index contributed by atoms with van der Waals surface area (Å²) in [6, 6.07) is 19.3. The molecule has 86 valence electrons. The minimum Gasteiger partial charge on any atom is -0.361 e. The maximum atomic E-state index is 3.30. The Bertz CT molecular complexity index is 825. The lowest BCUT2D eigenvalue weighted by atomic mass is 10.0. The highest BCUT2D eigenvalue weighted by Gasteiger charge is 2.10. The molecule has 2 heterocycles. The Hall–Kier alpha value is -2.06. The standard InChI is InChI=1S/C16H11NS/c1-2-8-14-12(5-1)16-11(13-7-4-10-17-13)6-3-9-15(16)18-14/h1-10,17H. The second-order valence-corrected chi connectivity index (χ2v) is 5.44. The Labute approximate surface area is 109 Å². The third-order valence-corrected chi connectivity index (χ3v) is 4.43. The largest absolute Gasteiger partial charge is 0.361 e. The molecule has 0 aliphatic heterocycles. The molecule has 0 aliphatic rings. The van der Waals surface area contributed by atoms with Gasteiger partial charge in [0, 0.05) is 37.6 Å². The van der Waals surface area contributed by atoms with Gasteiger partial charge in [0.15, 0.2) is 0 Å². The molecule has 1 nitrogen and oxygen atoms in total. The monoisotopic (exact) mass is 249 g/mol. The molecule has 0 atom stereocenters. The molecule has 0 amide bonds. The maximum Gasteiger partial charge on any atom is 0.0460 e. The van der Waals surface area contributed by atoms with Crippen molar-refractivity contribution in [1.29, 1.82) is 0 Å². The molecule has 4 aromatic rings. The second-order valence-electron chi connectivity index (χ2n) is 4.36. The number of aromatic amines is 1. The van der Waals surface area contributed by atoms with Crippen molar-refractivity contribution in [2.45, 2.75) is 0 Å².